The molecule has 0 radical (unpaired) electrons. The summed E-state index contributed by atoms with van der Waals surface area (Å²) < 4.78 is 5.34. The van der Waals surface area contributed by atoms with Crippen molar-refractivity contribution in [3.63, 3.8) is 0 Å². The van der Waals surface area contributed by atoms with Crippen LogP contribution in [0.3, 0.4) is 0 Å². The zero-order chi connectivity index (χ0) is 16.7. The lowest BCUT2D eigenvalue weighted by Crippen LogP contribution is -2.28. The molecule has 0 heterocycles. The molecule has 0 saturated heterocycles. The Balaban J connectivity index is 1.82. The van der Waals surface area contributed by atoms with Crippen LogP contribution in [0.25, 0.3) is 0 Å². The normalized spacial score (nSPS) is 11.8. The fourth-order valence-corrected chi connectivity index (χ4v) is 3.23. The summed E-state index contributed by atoms with van der Waals surface area (Å²) in [5, 5.41) is 3.03. The maximum atomic E-state index is 12.1. The number of amides is 1. The quantitative estimate of drug-likeness (QED) is 0.830. The molecule has 2 rings (SSSR count). The molecule has 0 aromatic heterocycles. The van der Waals surface area contributed by atoms with Crippen LogP contribution in [0.15, 0.2) is 48.5 Å². The molecule has 23 heavy (non-hydrogen) atoms. The Morgan fingerprint density at radius 1 is 1.22 bits per heavy atom. The van der Waals surface area contributed by atoms with Crippen LogP contribution in [0, 0.1) is 6.92 Å². The number of ether oxygens (including phenoxy) is 1. The minimum atomic E-state index is -0.0711. The van der Waals surface area contributed by atoms with E-state index >= 15 is 0 Å². The van der Waals surface area contributed by atoms with Gasteiger partial charge in [0.2, 0.25) is 5.91 Å². The lowest BCUT2D eigenvalue weighted by molar-refractivity contribution is -0.119. The van der Waals surface area contributed by atoms with Crippen LogP contribution in [-0.4, -0.2) is 18.8 Å². The monoisotopic (exact) mass is 329 g/mol. The maximum absolute atomic E-state index is 12.1. The van der Waals surface area contributed by atoms with Gasteiger partial charge in [-0.1, -0.05) is 48.0 Å². The van der Waals surface area contributed by atoms with Crippen molar-refractivity contribution < 1.29 is 9.53 Å². The molecule has 0 aliphatic rings. The SMILES string of the molecule is COc1ccccc1C(C)NC(=O)CSCc1cccc(C)c1. The molecule has 0 saturated carbocycles. The Bertz CT molecular complexity index is 657. The largest absolute Gasteiger partial charge is 0.496 e. The highest BCUT2D eigenvalue weighted by molar-refractivity contribution is 7.99. The number of nitrogens with one attached hydrogen (secondary N) is 1. The van der Waals surface area contributed by atoms with E-state index < -0.39 is 0 Å². The van der Waals surface area contributed by atoms with Crippen LogP contribution in [0.2, 0.25) is 0 Å². The topological polar surface area (TPSA) is 38.3 Å². The van der Waals surface area contributed by atoms with Crippen molar-refractivity contribution in [1.82, 2.24) is 5.32 Å². The van der Waals surface area contributed by atoms with Gasteiger partial charge in [-0.3, -0.25) is 4.79 Å². The van der Waals surface area contributed by atoms with Crippen LogP contribution in [0.4, 0.5) is 0 Å². The molecular weight excluding hydrogens is 306 g/mol. The molecule has 3 nitrogen and oxygen atoms in total. The van der Waals surface area contributed by atoms with Gasteiger partial charge in [-0.25, -0.2) is 0 Å². The molecule has 0 spiro atoms. The van der Waals surface area contributed by atoms with Crippen LogP contribution >= 0.6 is 11.8 Å². The van der Waals surface area contributed by atoms with E-state index in [4.69, 9.17) is 4.74 Å². The van der Waals surface area contributed by atoms with Gasteiger partial charge in [0.25, 0.3) is 0 Å². The Labute approximate surface area is 142 Å². The van der Waals surface area contributed by atoms with Crippen LogP contribution in [0.5, 0.6) is 5.75 Å². The molecule has 0 bridgehead atoms. The second-order valence-electron chi connectivity index (χ2n) is 5.51. The van der Waals surface area contributed by atoms with Crippen LogP contribution in [0.1, 0.15) is 29.7 Å². The van der Waals surface area contributed by atoms with Crippen molar-refractivity contribution in [2.24, 2.45) is 0 Å². The first-order valence-electron chi connectivity index (χ1n) is 7.65. The highest BCUT2D eigenvalue weighted by Gasteiger charge is 2.13. The summed E-state index contributed by atoms with van der Waals surface area (Å²) >= 11 is 1.63. The minimum Gasteiger partial charge on any atom is -0.496 e. The van der Waals surface area contributed by atoms with E-state index in [-0.39, 0.29) is 11.9 Å². The molecule has 1 atom stereocenters. The summed E-state index contributed by atoms with van der Waals surface area (Å²) in [6, 6.07) is 16.1. The Morgan fingerprint density at radius 2 is 2.00 bits per heavy atom. The number of carbonyl (C=O) groups is 1. The Hall–Kier alpha value is -1.94. The summed E-state index contributed by atoms with van der Waals surface area (Å²) in [6.45, 7) is 4.05. The van der Waals surface area contributed by atoms with Crippen molar-refractivity contribution in [3.8, 4) is 5.75 Å². The third kappa shape index (κ3) is 5.32. The number of benzene rings is 2. The Morgan fingerprint density at radius 3 is 2.74 bits per heavy atom. The predicted molar refractivity (Wildman–Crippen MR) is 96.9 cm³/mol. The van der Waals surface area contributed by atoms with Crippen molar-refractivity contribution in [1.29, 1.82) is 0 Å². The van der Waals surface area contributed by atoms with Gasteiger partial charge in [0.05, 0.1) is 18.9 Å². The van der Waals surface area contributed by atoms with E-state index in [9.17, 15) is 4.79 Å². The highest BCUT2D eigenvalue weighted by Crippen LogP contribution is 2.24. The molecule has 2 aromatic rings. The second-order valence-corrected chi connectivity index (χ2v) is 6.50. The van der Waals surface area contributed by atoms with Crippen molar-refractivity contribution in [3.05, 3.63) is 65.2 Å². The zero-order valence-electron chi connectivity index (χ0n) is 13.8. The van der Waals surface area contributed by atoms with E-state index in [1.54, 1.807) is 18.9 Å². The average molecular weight is 329 g/mol. The molecule has 0 aliphatic heterocycles. The summed E-state index contributed by atoms with van der Waals surface area (Å²) in [5.41, 5.74) is 3.49. The number of hydrogen-bond donors (Lipinski definition) is 1. The van der Waals surface area contributed by atoms with Gasteiger partial charge in [-0.05, 0) is 25.5 Å². The maximum Gasteiger partial charge on any atom is 0.230 e. The molecule has 1 N–H and O–H groups in total. The van der Waals surface area contributed by atoms with E-state index in [0.29, 0.717) is 5.75 Å². The standard InChI is InChI=1S/C19H23NO2S/c1-14-7-6-8-16(11-14)12-23-13-19(21)20-15(2)17-9-4-5-10-18(17)22-3/h4-11,15H,12-13H2,1-3H3,(H,20,21). The third-order valence-electron chi connectivity index (χ3n) is 3.57. The minimum absolute atomic E-state index is 0.0426. The highest BCUT2D eigenvalue weighted by atomic mass is 32.2. The van der Waals surface area contributed by atoms with Gasteiger partial charge in [0.15, 0.2) is 0 Å². The van der Waals surface area contributed by atoms with Crippen molar-refractivity contribution >= 4 is 17.7 Å². The number of para-hydroxylation sites is 1. The summed E-state index contributed by atoms with van der Waals surface area (Å²) in [7, 11) is 1.64. The molecule has 1 unspecified atom stereocenters. The Kier molecular flexibility index (Phi) is 6.53. The number of thioether (sulfide) groups is 1. The lowest BCUT2D eigenvalue weighted by atomic mass is 10.1. The fraction of sp³-hybridized carbons (Fsp3) is 0.316. The van der Waals surface area contributed by atoms with Gasteiger partial charge in [0, 0.05) is 11.3 Å². The molecule has 122 valence electrons. The predicted octanol–water partition coefficient (Wildman–Crippen LogP) is 4.11. The molecule has 2 aromatic carbocycles. The zero-order valence-corrected chi connectivity index (χ0v) is 14.7. The van der Waals surface area contributed by atoms with Gasteiger partial charge < -0.3 is 10.1 Å². The first-order chi connectivity index (χ1) is 11.1. The number of rotatable bonds is 7. The number of hydrogen-bond acceptors (Lipinski definition) is 3. The smallest absolute Gasteiger partial charge is 0.230 e. The molecule has 4 heteroatoms. The average Bonchev–Trinajstić information content (AvgIpc) is 2.54. The summed E-state index contributed by atoms with van der Waals surface area (Å²) in [6.07, 6.45) is 0. The first-order valence-corrected chi connectivity index (χ1v) is 8.81. The fourth-order valence-electron chi connectivity index (χ4n) is 2.45. The van der Waals surface area contributed by atoms with E-state index in [2.05, 4.69) is 36.5 Å². The summed E-state index contributed by atoms with van der Waals surface area (Å²) in [4.78, 5) is 12.1. The van der Waals surface area contributed by atoms with Crippen LogP contribution < -0.4 is 10.1 Å². The second kappa shape index (κ2) is 8.63. The molecule has 1 amide bonds. The summed E-state index contributed by atoms with van der Waals surface area (Å²) in [5.74, 6) is 2.14. The molecular formula is C19H23NO2S. The van der Waals surface area contributed by atoms with E-state index in [1.165, 1.54) is 11.1 Å². The van der Waals surface area contributed by atoms with E-state index in [0.717, 1.165) is 17.1 Å². The van der Waals surface area contributed by atoms with Crippen LogP contribution in [-0.2, 0) is 10.5 Å². The molecule has 0 aliphatic carbocycles. The number of aryl methyl sites for hydroxylation is 1. The lowest BCUT2D eigenvalue weighted by Gasteiger charge is -2.17. The van der Waals surface area contributed by atoms with Gasteiger partial charge in [0.1, 0.15) is 5.75 Å². The van der Waals surface area contributed by atoms with Crippen molar-refractivity contribution in [2.75, 3.05) is 12.9 Å². The number of methoxy groups -OCH3 is 1. The van der Waals surface area contributed by atoms with Gasteiger partial charge >= 0.3 is 0 Å². The van der Waals surface area contributed by atoms with Crippen molar-refractivity contribution in [2.45, 2.75) is 25.6 Å². The first kappa shape index (κ1) is 17.4. The van der Waals surface area contributed by atoms with Gasteiger partial charge in [-0.2, -0.15) is 0 Å². The number of carbonyl (C=O) groups excluding carboxylic acids is 1. The molecule has 0 fully saturated rings. The third-order valence-corrected chi connectivity index (χ3v) is 4.57. The van der Waals surface area contributed by atoms with Gasteiger partial charge in [-0.15, -0.1) is 11.8 Å². The van der Waals surface area contributed by atoms with E-state index in [1.807, 2.05) is 31.2 Å².